The number of nitrogens with two attached hydrogens (primary N) is 1. The van der Waals surface area contributed by atoms with Crippen LogP contribution in [0.5, 0.6) is 0 Å². The Kier molecular flexibility index (Phi) is 6.45. The molecule has 4 aromatic carbocycles. The molecule has 0 aliphatic rings. The minimum Gasteiger partial charge on any atom is -0.480 e. The lowest BCUT2D eigenvalue weighted by atomic mass is 9.65. The van der Waals surface area contributed by atoms with Crippen LogP contribution in [0.15, 0.2) is 115 Å². The SMILES string of the molecule is NN[C@H](Cc1ccc(C(c2ccccc2)(c2ccccc2)c2ccccc2)cc1)C(=O)O. The molecule has 160 valence electrons. The minimum atomic E-state index is -0.969. The van der Waals surface area contributed by atoms with Crippen molar-refractivity contribution in [2.45, 2.75) is 17.9 Å². The van der Waals surface area contributed by atoms with Gasteiger partial charge in [0.25, 0.3) is 0 Å². The van der Waals surface area contributed by atoms with Crippen molar-refractivity contribution >= 4 is 5.97 Å². The predicted molar refractivity (Wildman–Crippen MR) is 127 cm³/mol. The van der Waals surface area contributed by atoms with Crippen LogP contribution in [-0.4, -0.2) is 17.1 Å². The number of aliphatic carboxylic acids is 1. The van der Waals surface area contributed by atoms with Crippen LogP contribution in [0, 0.1) is 0 Å². The van der Waals surface area contributed by atoms with Gasteiger partial charge in [-0.15, -0.1) is 0 Å². The molecular weight excluding hydrogens is 396 g/mol. The first kappa shape index (κ1) is 21.5. The first-order valence-corrected chi connectivity index (χ1v) is 10.6. The highest BCUT2D eigenvalue weighted by molar-refractivity contribution is 5.73. The molecule has 4 heteroatoms. The van der Waals surface area contributed by atoms with Gasteiger partial charge in [0.05, 0.1) is 5.41 Å². The highest BCUT2D eigenvalue weighted by Gasteiger charge is 2.38. The monoisotopic (exact) mass is 422 g/mol. The molecule has 0 aromatic heterocycles. The van der Waals surface area contributed by atoms with Gasteiger partial charge in [-0.2, -0.15) is 0 Å². The molecule has 0 spiro atoms. The van der Waals surface area contributed by atoms with Crippen molar-refractivity contribution in [2.75, 3.05) is 0 Å². The quantitative estimate of drug-likeness (QED) is 0.222. The van der Waals surface area contributed by atoms with Gasteiger partial charge in [-0.25, -0.2) is 5.43 Å². The fourth-order valence-electron chi connectivity index (χ4n) is 4.41. The Bertz CT molecular complexity index is 1050. The van der Waals surface area contributed by atoms with Crippen molar-refractivity contribution in [3.05, 3.63) is 143 Å². The van der Waals surface area contributed by atoms with Gasteiger partial charge >= 0.3 is 5.97 Å². The Hall–Kier alpha value is -3.73. The first-order valence-electron chi connectivity index (χ1n) is 10.6. The van der Waals surface area contributed by atoms with E-state index < -0.39 is 17.4 Å². The third-order valence-electron chi connectivity index (χ3n) is 5.95. The van der Waals surface area contributed by atoms with E-state index in [2.05, 4.69) is 90.4 Å². The van der Waals surface area contributed by atoms with Gasteiger partial charge in [-0.05, 0) is 34.2 Å². The van der Waals surface area contributed by atoms with E-state index in [9.17, 15) is 9.90 Å². The molecule has 0 unspecified atom stereocenters. The van der Waals surface area contributed by atoms with Gasteiger partial charge in [0.1, 0.15) is 6.04 Å². The van der Waals surface area contributed by atoms with Crippen molar-refractivity contribution in [1.29, 1.82) is 0 Å². The highest BCUT2D eigenvalue weighted by atomic mass is 16.4. The van der Waals surface area contributed by atoms with Gasteiger partial charge in [0.15, 0.2) is 0 Å². The zero-order valence-corrected chi connectivity index (χ0v) is 17.7. The maximum atomic E-state index is 11.4. The molecule has 0 aliphatic carbocycles. The smallest absolute Gasteiger partial charge is 0.322 e. The van der Waals surface area contributed by atoms with Crippen LogP contribution in [0.2, 0.25) is 0 Å². The van der Waals surface area contributed by atoms with E-state index >= 15 is 0 Å². The van der Waals surface area contributed by atoms with Crippen LogP contribution in [0.4, 0.5) is 0 Å². The fraction of sp³-hybridized carbons (Fsp3) is 0.107. The standard InChI is InChI=1S/C28H26N2O2/c29-30-26(27(31)32)20-21-16-18-25(19-17-21)28(22-10-4-1-5-11-22,23-12-6-2-7-13-23)24-14-8-3-9-15-24/h1-19,26,30H,20,29H2,(H,31,32)/t26-/m1/s1. The minimum absolute atomic E-state index is 0.307. The van der Waals surface area contributed by atoms with E-state index in [0.29, 0.717) is 6.42 Å². The molecule has 0 saturated heterocycles. The first-order chi connectivity index (χ1) is 15.7. The normalized spacial score (nSPS) is 12.3. The number of hydrogen-bond donors (Lipinski definition) is 3. The summed E-state index contributed by atoms with van der Waals surface area (Å²) in [4.78, 5) is 11.4. The van der Waals surface area contributed by atoms with Crippen molar-refractivity contribution in [3.63, 3.8) is 0 Å². The maximum absolute atomic E-state index is 11.4. The lowest BCUT2D eigenvalue weighted by Crippen LogP contribution is -2.42. The molecule has 0 bridgehead atoms. The molecule has 1 atom stereocenters. The van der Waals surface area contributed by atoms with E-state index in [-0.39, 0.29) is 0 Å². The molecule has 0 fully saturated rings. The zero-order chi connectivity index (χ0) is 22.4. The summed E-state index contributed by atoms with van der Waals surface area (Å²) in [7, 11) is 0. The van der Waals surface area contributed by atoms with Crippen molar-refractivity contribution in [3.8, 4) is 0 Å². The molecule has 4 aromatic rings. The Morgan fingerprint density at radius 2 is 1.06 bits per heavy atom. The molecule has 0 amide bonds. The zero-order valence-electron chi connectivity index (χ0n) is 17.7. The lowest BCUT2D eigenvalue weighted by Gasteiger charge is -2.37. The van der Waals surface area contributed by atoms with Gasteiger partial charge in [0.2, 0.25) is 0 Å². The Morgan fingerprint density at radius 1 is 0.688 bits per heavy atom. The second-order valence-corrected chi connectivity index (χ2v) is 7.81. The van der Waals surface area contributed by atoms with Gasteiger partial charge in [-0.1, -0.05) is 115 Å². The number of hydrazine groups is 1. The van der Waals surface area contributed by atoms with E-state index in [1.807, 2.05) is 30.3 Å². The Balaban J connectivity index is 1.91. The second-order valence-electron chi connectivity index (χ2n) is 7.81. The summed E-state index contributed by atoms with van der Waals surface area (Å²) in [6, 6.07) is 38.8. The van der Waals surface area contributed by atoms with E-state index in [1.54, 1.807) is 0 Å². The van der Waals surface area contributed by atoms with Crippen molar-refractivity contribution in [1.82, 2.24) is 5.43 Å². The molecule has 4 nitrogen and oxygen atoms in total. The molecule has 0 saturated carbocycles. The number of hydrogen-bond acceptors (Lipinski definition) is 3. The van der Waals surface area contributed by atoms with Gasteiger partial charge < -0.3 is 5.11 Å². The average Bonchev–Trinajstić information content (AvgIpc) is 2.86. The number of benzene rings is 4. The summed E-state index contributed by atoms with van der Waals surface area (Å²) in [5.41, 5.74) is 7.37. The third kappa shape index (κ3) is 4.06. The van der Waals surface area contributed by atoms with Crippen molar-refractivity contribution < 1.29 is 9.90 Å². The molecule has 4 N–H and O–H groups in total. The largest absolute Gasteiger partial charge is 0.480 e. The number of carboxylic acids is 1. The molecule has 4 rings (SSSR count). The Morgan fingerprint density at radius 3 is 1.41 bits per heavy atom. The van der Waals surface area contributed by atoms with Crippen molar-refractivity contribution in [2.24, 2.45) is 5.84 Å². The van der Waals surface area contributed by atoms with Gasteiger partial charge in [-0.3, -0.25) is 10.6 Å². The topological polar surface area (TPSA) is 75.3 Å². The van der Waals surface area contributed by atoms with Crippen LogP contribution < -0.4 is 11.3 Å². The number of carbonyl (C=O) groups is 1. The lowest BCUT2D eigenvalue weighted by molar-refractivity contribution is -0.139. The Labute approximate surface area is 188 Å². The molecule has 32 heavy (non-hydrogen) atoms. The van der Waals surface area contributed by atoms with Crippen LogP contribution in [-0.2, 0) is 16.6 Å². The number of carboxylic acid groups (broad SMARTS) is 1. The van der Waals surface area contributed by atoms with Crippen LogP contribution in [0.1, 0.15) is 27.8 Å². The van der Waals surface area contributed by atoms with E-state index in [4.69, 9.17) is 5.84 Å². The van der Waals surface area contributed by atoms with Gasteiger partial charge in [0, 0.05) is 0 Å². The fourth-order valence-corrected chi connectivity index (χ4v) is 4.41. The van der Waals surface area contributed by atoms with Crippen LogP contribution in [0.25, 0.3) is 0 Å². The predicted octanol–water partition coefficient (Wildman–Crippen LogP) is 4.53. The summed E-state index contributed by atoms with van der Waals surface area (Å²) in [5, 5.41) is 9.32. The molecule has 0 aliphatic heterocycles. The van der Waals surface area contributed by atoms with E-state index in [1.165, 1.54) is 0 Å². The molecular formula is C28H26N2O2. The summed E-state index contributed by atoms with van der Waals surface area (Å²) in [6.07, 6.45) is 0.307. The molecule has 0 radical (unpaired) electrons. The number of rotatable bonds is 8. The molecule has 0 heterocycles. The number of nitrogens with one attached hydrogen (secondary N) is 1. The summed E-state index contributed by atoms with van der Waals surface area (Å²) < 4.78 is 0. The summed E-state index contributed by atoms with van der Waals surface area (Å²) in [6.45, 7) is 0. The third-order valence-corrected chi connectivity index (χ3v) is 5.95. The van der Waals surface area contributed by atoms with Crippen LogP contribution in [0.3, 0.4) is 0 Å². The summed E-state index contributed by atoms with van der Waals surface area (Å²) >= 11 is 0. The summed E-state index contributed by atoms with van der Waals surface area (Å²) in [5.74, 6) is 4.45. The maximum Gasteiger partial charge on any atom is 0.322 e. The average molecular weight is 423 g/mol. The van der Waals surface area contributed by atoms with Crippen LogP contribution >= 0.6 is 0 Å². The second kappa shape index (κ2) is 9.60. The highest BCUT2D eigenvalue weighted by Crippen LogP contribution is 2.44. The van der Waals surface area contributed by atoms with E-state index in [0.717, 1.165) is 27.8 Å².